The molecular formula is C100H160N13O30P. The molecule has 11 N–H and O–H groups in total. The van der Waals surface area contributed by atoms with E-state index in [1.165, 1.54) is 34.0 Å². The number of carboxylic acids is 1. The smallest absolute Gasteiger partial charge is 0.410 e. The van der Waals surface area contributed by atoms with Crippen LogP contribution in [0.25, 0.3) is 0 Å². The number of nitrogens with zero attached hydrogens (tertiary/aromatic N) is 7. The fraction of sp³-hybridized carbons (Fsp3) is 0.630. The highest BCUT2D eigenvalue weighted by Gasteiger charge is 2.42. The second-order valence-electron chi connectivity index (χ2n) is 38.3. The Balaban J connectivity index is 0.000000853. The van der Waals surface area contributed by atoms with E-state index in [1.54, 1.807) is 134 Å². The molecule has 0 aliphatic carbocycles. The van der Waals surface area contributed by atoms with Gasteiger partial charge in [-0.25, -0.2) is 33.6 Å². The van der Waals surface area contributed by atoms with Crippen molar-refractivity contribution in [1.82, 2.24) is 60.9 Å². The Hall–Kier alpha value is -11.7. The normalized spacial score (nSPS) is 15.4. The number of hydrogen-bond donors (Lipinski definition) is 11. The van der Waals surface area contributed by atoms with Gasteiger partial charge in [0.15, 0.2) is 46.4 Å². The molecule has 144 heavy (non-hydrogen) atoms. The van der Waals surface area contributed by atoms with Gasteiger partial charge in [-0.05, 0) is 158 Å². The third-order valence-electron chi connectivity index (χ3n) is 22.0. The number of aliphatic carboxylic acids is 1. The number of benzene rings is 3. The van der Waals surface area contributed by atoms with Gasteiger partial charge in [-0.15, -0.1) is 0 Å². The molecule has 44 heteroatoms. The van der Waals surface area contributed by atoms with Gasteiger partial charge in [-0.1, -0.05) is 118 Å². The lowest BCUT2D eigenvalue weighted by atomic mass is 9.87. The molecule has 4 atom stereocenters. The first kappa shape index (κ1) is 130. The second kappa shape index (κ2) is 66.3. The van der Waals surface area contributed by atoms with Crippen molar-refractivity contribution >= 4 is 108 Å². The highest BCUT2D eigenvalue weighted by atomic mass is 31.2. The number of alkyl carbamates (subject to hydrolysis) is 2. The van der Waals surface area contributed by atoms with E-state index >= 15 is 0 Å². The van der Waals surface area contributed by atoms with Gasteiger partial charge in [0.1, 0.15) is 60.7 Å². The first-order valence-corrected chi connectivity index (χ1v) is 49.5. The average molecular weight is 2060 g/mol. The number of aliphatic hydroxyl groups is 4. The Morgan fingerprint density at radius 1 is 0.424 bits per heavy atom. The van der Waals surface area contributed by atoms with Crippen LogP contribution in [-0.4, -0.2) is 375 Å². The topological polar surface area (TPSA) is 572 Å². The zero-order chi connectivity index (χ0) is 110. The Morgan fingerprint density at radius 3 is 1.01 bits per heavy atom. The number of rotatable bonds is 30. The van der Waals surface area contributed by atoms with Crippen LogP contribution in [0, 0.1) is 23.2 Å². The van der Waals surface area contributed by atoms with E-state index in [2.05, 4.69) is 49.9 Å². The average Bonchev–Trinajstić information content (AvgIpc) is 0.816. The number of hydrogen-bond acceptors (Lipinski definition) is 33. The summed E-state index contributed by atoms with van der Waals surface area (Å²) in [5.74, 6) is -4.72. The Kier molecular flexibility index (Phi) is 60.0. The van der Waals surface area contributed by atoms with E-state index in [0.717, 1.165) is 19.8 Å². The number of Topliss-reactive ketones (excluding diaryl/α,β-unsaturated/α-hetero) is 8. The van der Waals surface area contributed by atoms with Crippen LogP contribution >= 0.6 is 7.60 Å². The first-order chi connectivity index (χ1) is 67.4. The summed E-state index contributed by atoms with van der Waals surface area (Å²) in [6.45, 7) is 29.3. The van der Waals surface area contributed by atoms with E-state index in [0.29, 0.717) is 152 Å². The molecule has 8 rings (SSSR count). The molecule has 5 saturated heterocycles. The number of piperidine rings is 5. The molecule has 1 unspecified atom stereocenters. The number of carboxylic acid groups (broad SMARTS) is 1. The molecule has 0 spiro atoms. The maximum absolute atomic E-state index is 12.3. The minimum atomic E-state index is -3.78. The summed E-state index contributed by atoms with van der Waals surface area (Å²) in [6.07, 6.45) is 4.97. The monoisotopic (exact) mass is 2050 g/mol. The SMILES string of the molecule is CC(C)(C)OC(=O)N1CCC(=C(NCC(=O)c2ccccc2)C(=O)CO)CC1.CC(C)(C)OC(=O)N1CCC(=O)CC1.CC(C)(C)OC(=O)N1CCC([C@H](NCC(=O)c2ccccc2)C(=O)CO)CC1.CCCC.CN(C)C(=N)N(C)C.COC(=O)N[C@H](C(=O)CO)C1CCN(C(=O)OC(C)(C)C)CC1.COC(=O)N[C@H](C(=O)O)C1CCN(C(C)=O)CC1.COP(=O)(OC)C(NCC(=O)c1ccccc1)C(=O)CO. The van der Waals surface area contributed by atoms with Crippen LogP contribution in [0.5, 0.6) is 0 Å². The van der Waals surface area contributed by atoms with Gasteiger partial charge < -0.3 is 113 Å². The minimum absolute atomic E-state index is 0.0127. The van der Waals surface area contributed by atoms with Crippen molar-refractivity contribution in [2.75, 3.05) is 168 Å². The fourth-order valence-electron chi connectivity index (χ4n) is 14.2. The molecule has 3 aromatic rings. The fourth-order valence-corrected chi connectivity index (χ4v) is 15.5. The largest absolute Gasteiger partial charge is 0.480 e. The number of likely N-dealkylation sites (tertiary alicyclic amines) is 5. The number of amides is 7. The Bertz CT molecular complexity index is 4590. The van der Waals surface area contributed by atoms with Crippen LogP contribution in [0.4, 0.5) is 28.8 Å². The van der Waals surface area contributed by atoms with Crippen molar-refractivity contribution in [3.05, 3.63) is 119 Å². The molecule has 3 aromatic carbocycles. The lowest BCUT2D eigenvalue weighted by molar-refractivity contribution is -0.141. The molecule has 810 valence electrons. The number of nitrogens with one attached hydrogen (secondary N) is 6. The molecule has 5 aliphatic rings. The summed E-state index contributed by atoms with van der Waals surface area (Å²) < 4.78 is 51.9. The number of unbranched alkanes of at least 4 members (excludes halogenated alkanes) is 1. The number of methoxy groups -OCH3 is 2. The lowest BCUT2D eigenvalue weighted by Crippen LogP contribution is -2.51. The van der Waals surface area contributed by atoms with Crippen LogP contribution in [0.15, 0.2) is 102 Å². The van der Waals surface area contributed by atoms with Crippen LogP contribution in [0.2, 0.25) is 0 Å². The van der Waals surface area contributed by atoms with Gasteiger partial charge in [0.2, 0.25) is 11.7 Å². The quantitative estimate of drug-likeness (QED) is 0.00738. The molecule has 5 aliphatic heterocycles. The number of ether oxygens (including phenoxy) is 6. The predicted molar refractivity (Wildman–Crippen MR) is 538 cm³/mol. The molecular weight excluding hydrogens is 1890 g/mol. The first-order valence-electron chi connectivity index (χ1n) is 47.9. The number of aliphatic hydroxyl groups excluding tert-OH is 4. The number of guanidine groups is 1. The molecule has 0 radical (unpaired) electrons. The number of ketones is 8. The van der Waals surface area contributed by atoms with Crippen LogP contribution < -0.4 is 26.6 Å². The Labute approximate surface area is 846 Å². The molecule has 5 heterocycles. The zero-order valence-electron chi connectivity index (χ0n) is 88.2. The highest BCUT2D eigenvalue weighted by Crippen LogP contribution is 2.50. The summed E-state index contributed by atoms with van der Waals surface area (Å²) >= 11 is 0. The van der Waals surface area contributed by atoms with E-state index < -0.39 is 116 Å². The number of carbonyl (C=O) groups excluding carboxylic acids is 15. The molecule has 0 saturated carbocycles. The van der Waals surface area contributed by atoms with Crippen molar-refractivity contribution in [2.24, 2.45) is 17.8 Å². The van der Waals surface area contributed by atoms with E-state index in [-0.39, 0.29) is 102 Å². The van der Waals surface area contributed by atoms with Gasteiger partial charge in [-0.3, -0.25) is 63.8 Å². The molecule has 0 bridgehead atoms. The summed E-state index contributed by atoms with van der Waals surface area (Å²) in [7, 11) is 8.27. The molecule has 0 aromatic heterocycles. The molecule has 5 fully saturated rings. The van der Waals surface area contributed by atoms with Crippen LogP contribution in [-0.2, 0) is 75.6 Å². The zero-order valence-corrected chi connectivity index (χ0v) is 89.1. The summed E-state index contributed by atoms with van der Waals surface area (Å²) in [6, 6.07) is 23.7. The Morgan fingerprint density at radius 2 is 0.722 bits per heavy atom. The maximum Gasteiger partial charge on any atom is 0.410 e. The van der Waals surface area contributed by atoms with E-state index in [1.807, 2.05) is 103 Å². The van der Waals surface area contributed by atoms with Gasteiger partial charge in [0.25, 0.3) is 0 Å². The van der Waals surface area contributed by atoms with Gasteiger partial charge in [0.05, 0.1) is 51.6 Å². The third-order valence-corrected chi connectivity index (χ3v) is 24.1. The van der Waals surface area contributed by atoms with Crippen molar-refractivity contribution in [2.45, 2.75) is 227 Å². The maximum atomic E-state index is 12.3. The second-order valence-corrected chi connectivity index (χ2v) is 40.6. The van der Waals surface area contributed by atoms with E-state index in [9.17, 15) is 91.5 Å². The standard InChI is InChI=1S/C21H30N2O5.C21H28N2O5.C15H26N2O6.C13H18NO6P.C11H18N2O5.C10H17NO3.C5H13N3.C4H10/c2*1-21(2,3)28-20(27)23-11-9-16(10-12-23)19(18(26)14-24)22-13-17(25)15-7-5-4-6-8-15;1-15(2,3)23-14(21)17-7-5-10(6-8-17)12(11(19)9-18)16-13(20)22-4;1-19-21(18,20-2)13(12(17)9-15)14-8-11(16)10-6-4-3-5-7-10;1-7(14)13-5-3-8(4-6-13)9(10(15)16)12-11(17)18-2;1-10(2,3)14-9(13)11-6-4-8(12)5-7-11;1-7(2)5(6)8(3)4;1-3-4-2/h4-8,16,19,22,24H,9-14H2,1-3H3;4-8,22,24H,9-14H2,1-3H3;10,12,18H,5-9H2,1-4H3,(H,16,20);3-7,13-15H,8-9H2,1-2H3;8-9H,3-6H2,1-2H3,(H,12,17)(H,15,16);4-7H2,1-3H3;6H,1-4H3;3-4H2,1-2H3/t19-;;12-;;9-;;;/m0.0.0.../s1. The molecule has 7 amide bonds. The van der Waals surface area contributed by atoms with Gasteiger partial charge >= 0.3 is 50.1 Å². The van der Waals surface area contributed by atoms with Gasteiger partial charge in [0, 0.05) is 144 Å². The highest BCUT2D eigenvalue weighted by molar-refractivity contribution is 7.55. The van der Waals surface area contributed by atoms with Crippen LogP contribution in [0.3, 0.4) is 0 Å². The van der Waals surface area contributed by atoms with Crippen molar-refractivity contribution in [3.63, 3.8) is 0 Å². The lowest BCUT2D eigenvalue weighted by Gasteiger charge is -2.36. The molecule has 43 nitrogen and oxygen atoms in total. The number of carbonyl (C=O) groups is 16. The predicted octanol–water partition coefficient (Wildman–Crippen LogP) is 9.58. The van der Waals surface area contributed by atoms with Crippen molar-refractivity contribution in [3.8, 4) is 0 Å². The summed E-state index contributed by atoms with van der Waals surface area (Å²) in [5, 5.41) is 66.2. The van der Waals surface area contributed by atoms with Gasteiger partial charge in [-0.2, -0.15) is 0 Å². The third kappa shape index (κ3) is 51.2. The van der Waals surface area contributed by atoms with Crippen LogP contribution in [0.1, 0.15) is 212 Å². The minimum Gasteiger partial charge on any atom is -0.480 e. The summed E-state index contributed by atoms with van der Waals surface area (Å²) in [5.41, 5.74) is 0.516. The van der Waals surface area contributed by atoms with E-state index in [4.69, 9.17) is 48.7 Å². The van der Waals surface area contributed by atoms with Crippen molar-refractivity contribution < 1.29 is 144 Å². The van der Waals surface area contributed by atoms with Crippen molar-refractivity contribution in [1.29, 1.82) is 5.41 Å². The summed E-state index contributed by atoms with van der Waals surface area (Å²) in [4.78, 5) is 200.